The maximum absolute atomic E-state index is 13.0. The highest BCUT2D eigenvalue weighted by atomic mass is 35.5. The Morgan fingerprint density at radius 1 is 1.18 bits per heavy atom. The molecule has 2 saturated heterocycles. The molecule has 0 spiro atoms. The zero-order chi connectivity index (χ0) is 19.2. The average Bonchev–Trinajstić information content (AvgIpc) is 2.73. The summed E-state index contributed by atoms with van der Waals surface area (Å²) >= 11 is 0. The quantitative estimate of drug-likeness (QED) is 0.744. The minimum Gasteiger partial charge on any atom is -0.467 e. The van der Waals surface area contributed by atoms with Crippen LogP contribution in [-0.4, -0.2) is 55.5 Å². The standard InChI is InChI=1S/C20H27N3O4.ClH/c1-27-20(26)17-9-2-3-11-23(17)19(25)14-6-4-8-16(12-14)22-18(24)15-7-5-10-21-13-15;/h4,6,8,12,15,17,21H,2-3,5,7,9-11,13H2,1H3,(H,22,24);1H. The Balaban J connectivity index is 0.00000280. The molecule has 3 rings (SSSR count). The number of benzene rings is 1. The summed E-state index contributed by atoms with van der Waals surface area (Å²) in [4.78, 5) is 39.0. The van der Waals surface area contributed by atoms with Gasteiger partial charge in [0.05, 0.1) is 13.0 Å². The summed E-state index contributed by atoms with van der Waals surface area (Å²) in [5, 5.41) is 6.14. The van der Waals surface area contributed by atoms with Crippen molar-refractivity contribution in [1.29, 1.82) is 0 Å². The SMILES string of the molecule is COC(=O)C1CCCCN1C(=O)c1cccc(NC(=O)C2CCCNC2)c1.Cl. The highest BCUT2D eigenvalue weighted by Crippen LogP contribution is 2.22. The van der Waals surface area contributed by atoms with Crippen LogP contribution in [0.2, 0.25) is 0 Å². The van der Waals surface area contributed by atoms with Crippen LogP contribution in [0.15, 0.2) is 24.3 Å². The molecule has 2 aliphatic rings. The topological polar surface area (TPSA) is 87.7 Å². The van der Waals surface area contributed by atoms with Crippen LogP contribution >= 0.6 is 12.4 Å². The molecule has 0 aliphatic carbocycles. The van der Waals surface area contributed by atoms with Gasteiger partial charge in [-0.05, 0) is 56.8 Å². The first-order valence-corrected chi connectivity index (χ1v) is 9.60. The lowest BCUT2D eigenvalue weighted by molar-refractivity contribution is -0.147. The van der Waals surface area contributed by atoms with Crippen LogP contribution < -0.4 is 10.6 Å². The van der Waals surface area contributed by atoms with Gasteiger partial charge in [-0.25, -0.2) is 4.79 Å². The Hall–Kier alpha value is -2.12. The van der Waals surface area contributed by atoms with E-state index in [0.29, 0.717) is 30.8 Å². The normalized spacial score (nSPS) is 22.0. The number of carbonyl (C=O) groups excluding carboxylic acids is 3. The van der Waals surface area contributed by atoms with Crippen molar-refractivity contribution >= 4 is 35.9 Å². The van der Waals surface area contributed by atoms with Gasteiger partial charge in [-0.1, -0.05) is 6.07 Å². The molecule has 2 fully saturated rings. The van der Waals surface area contributed by atoms with Crippen molar-refractivity contribution in [2.45, 2.75) is 38.1 Å². The molecular weight excluding hydrogens is 382 g/mol. The first kappa shape index (κ1) is 22.2. The fraction of sp³-hybridized carbons (Fsp3) is 0.550. The molecule has 2 heterocycles. The van der Waals surface area contributed by atoms with Crippen LogP contribution in [0.25, 0.3) is 0 Å². The Morgan fingerprint density at radius 3 is 2.71 bits per heavy atom. The summed E-state index contributed by atoms with van der Waals surface area (Å²) in [6.07, 6.45) is 4.23. The molecule has 0 saturated carbocycles. The van der Waals surface area contributed by atoms with Crippen LogP contribution in [0.5, 0.6) is 0 Å². The zero-order valence-corrected chi connectivity index (χ0v) is 16.9. The van der Waals surface area contributed by atoms with Gasteiger partial charge in [0.15, 0.2) is 0 Å². The summed E-state index contributed by atoms with van der Waals surface area (Å²) in [6, 6.07) is 6.38. The Kier molecular flexibility index (Phi) is 8.26. The number of methoxy groups -OCH3 is 1. The van der Waals surface area contributed by atoms with Crippen LogP contribution in [0.3, 0.4) is 0 Å². The van der Waals surface area contributed by atoms with E-state index in [4.69, 9.17) is 4.74 Å². The number of halogens is 1. The van der Waals surface area contributed by atoms with Crippen molar-refractivity contribution in [3.05, 3.63) is 29.8 Å². The van der Waals surface area contributed by atoms with Crippen molar-refractivity contribution in [3.8, 4) is 0 Å². The van der Waals surface area contributed by atoms with Gasteiger partial charge in [0.1, 0.15) is 6.04 Å². The number of nitrogens with one attached hydrogen (secondary N) is 2. The van der Waals surface area contributed by atoms with E-state index in [-0.39, 0.29) is 36.1 Å². The molecule has 2 atom stereocenters. The summed E-state index contributed by atoms with van der Waals surface area (Å²) in [5.74, 6) is -0.668. The van der Waals surface area contributed by atoms with Crippen LogP contribution in [0.4, 0.5) is 5.69 Å². The number of rotatable bonds is 4. The molecule has 2 N–H and O–H groups in total. The van der Waals surface area contributed by atoms with E-state index in [1.165, 1.54) is 7.11 Å². The molecule has 2 unspecified atom stereocenters. The highest BCUT2D eigenvalue weighted by Gasteiger charge is 2.33. The van der Waals surface area contributed by atoms with Gasteiger partial charge in [0.2, 0.25) is 5.91 Å². The van der Waals surface area contributed by atoms with Crippen molar-refractivity contribution in [1.82, 2.24) is 10.2 Å². The van der Waals surface area contributed by atoms with Gasteiger partial charge in [-0.15, -0.1) is 12.4 Å². The molecule has 2 amide bonds. The number of hydrogen-bond donors (Lipinski definition) is 2. The Labute approximate surface area is 171 Å². The molecule has 0 aromatic heterocycles. The number of esters is 1. The summed E-state index contributed by atoms with van der Waals surface area (Å²) in [7, 11) is 1.34. The van der Waals surface area contributed by atoms with Crippen molar-refractivity contribution in [2.75, 3.05) is 32.1 Å². The van der Waals surface area contributed by atoms with Gasteiger partial charge < -0.3 is 20.3 Å². The van der Waals surface area contributed by atoms with Gasteiger partial charge in [0, 0.05) is 24.3 Å². The lowest BCUT2D eigenvalue weighted by Gasteiger charge is -2.33. The second-order valence-corrected chi connectivity index (χ2v) is 7.15. The smallest absolute Gasteiger partial charge is 0.328 e. The van der Waals surface area contributed by atoms with Crippen LogP contribution in [0, 0.1) is 5.92 Å². The summed E-state index contributed by atoms with van der Waals surface area (Å²) in [5.41, 5.74) is 1.06. The number of anilines is 1. The van der Waals surface area contributed by atoms with E-state index in [0.717, 1.165) is 32.2 Å². The zero-order valence-electron chi connectivity index (χ0n) is 16.1. The van der Waals surface area contributed by atoms with Gasteiger partial charge in [-0.2, -0.15) is 0 Å². The molecule has 2 aliphatic heterocycles. The second-order valence-electron chi connectivity index (χ2n) is 7.15. The van der Waals surface area contributed by atoms with E-state index < -0.39 is 6.04 Å². The lowest BCUT2D eigenvalue weighted by atomic mass is 9.98. The predicted molar refractivity (Wildman–Crippen MR) is 109 cm³/mol. The number of ether oxygens (including phenoxy) is 1. The maximum Gasteiger partial charge on any atom is 0.328 e. The van der Waals surface area contributed by atoms with Gasteiger partial charge in [-0.3, -0.25) is 9.59 Å². The second kappa shape index (κ2) is 10.4. The molecule has 154 valence electrons. The molecule has 0 bridgehead atoms. The molecule has 28 heavy (non-hydrogen) atoms. The minimum absolute atomic E-state index is 0. The predicted octanol–water partition coefficient (Wildman–Crippen LogP) is 2.21. The largest absolute Gasteiger partial charge is 0.467 e. The van der Waals surface area contributed by atoms with Crippen LogP contribution in [0.1, 0.15) is 42.5 Å². The van der Waals surface area contributed by atoms with Gasteiger partial charge >= 0.3 is 5.97 Å². The lowest BCUT2D eigenvalue weighted by Crippen LogP contribution is -2.48. The molecule has 0 radical (unpaired) electrons. The number of piperidine rings is 2. The first-order chi connectivity index (χ1) is 13.1. The first-order valence-electron chi connectivity index (χ1n) is 9.60. The number of likely N-dealkylation sites (tertiary alicyclic amines) is 1. The Bertz CT molecular complexity index is 706. The monoisotopic (exact) mass is 409 g/mol. The molecule has 8 heteroatoms. The fourth-order valence-electron chi connectivity index (χ4n) is 3.77. The third-order valence-electron chi connectivity index (χ3n) is 5.28. The Morgan fingerprint density at radius 2 is 2.00 bits per heavy atom. The minimum atomic E-state index is -0.539. The van der Waals surface area contributed by atoms with E-state index in [9.17, 15) is 14.4 Å². The summed E-state index contributed by atoms with van der Waals surface area (Å²) in [6.45, 7) is 2.16. The molecular formula is C20H28ClN3O4. The highest BCUT2D eigenvalue weighted by molar-refractivity contribution is 5.99. The van der Waals surface area contributed by atoms with Crippen molar-refractivity contribution < 1.29 is 19.1 Å². The number of amides is 2. The van der Waals surface area contributed by atoms with Crippen LogP contribution in [-0.2, 0) is 14.3 Å². The van der Waals surface area contributed by atoms with E-state index >= 15 is 0 Å². The maximum atomic E-state index is 13.0. The number of hydrogen-bond acceptors (Lipinski definition) is 5. The van der Waals surface area contributed by atoms with Crippen molar-refractivity contribution in [2.24, 2.45) is 5.92 Å². The van der Waals surface area contributed by atoms with E-state index in [2.05, 4.69) is 10.6 Å². The molecule has 7 nitrogen and oxygen atoms in total. The fourth-order valence-corrected chi connectivity index (χ4v) is 3.77. The van der Waals surface area contributed by atoms with E-state index in [1.807, 2.05) is 0 Å². The van der Waals surface area contributed by atoms with E-state index in [1.54, 1.807) is 29.2 Å². The number of nitrogens with zero attached hydrogens (tertiary/aromatic N) is 1. The third kappa shape index (κ3) is 5.23. The molecule has 1 aromatic carbocycles. The number of carbonyl (C=O) groups is 3. The van der Waals surface area contributed by atoms with Gasteiger partial charge in [0.25, 0.3) is 5.91 Å². The molecule has 1 aromatic rings. The summed E-state index contributed by atoms with van der Waals surface area (Å²) < 4.78 is 4.85. The van der Waals surface area contributed by atoms with Crippen molar-refractivity contribution in [3.63, 3.8) is 0 Å². The third-order valence-corrected chi connectivity index (χ3v) is 5.28. The average molecular weight is 410 g/mol.